The molecule has 0 rings (SSSR count). The number of halogens is 2. The molecule has 0 radical (unpaired) electrons. The second-order valence-electron chi connectivity index (χ2n) is 2.54. The van der Waals surface area contributed by atoms with E-state index in [1.54, 1.807) is 13.8 Å². The summed E-state index contributed by atoms with van der Waals surface area (Å²) in [5.74, 6) is -4.75. The second-order valence-corrected chi connectivity index (χ2v) is 2.54. The zero-order chi connectivity index (χ0) is 9.07. The Labute approximate surface area is 63.9 Å². The number of hydrogen-bond acceptors (Lipinski definition) is 2. The van der Waals surface area contributed by atoms with Crippen LogP contribution < -0.4 is 11.1 Å². The lowest BCUT2D eigenvalue weighted by atomic mass is 10.3. The summed E-state index contributed by atoms with van der Waals surface area (Å²) in [6, 6.07) is -0.292. The van der Waals surface area contributed by atoms with Crippen molar-refractivity contribution in [2.24, 2.45) is 5.73 Å². The molecule has 0 aliphatic carbocycles. The van der Waals surface area contributed by atoms with Crippen LogP contribution in [0.4, 0.5) is 8.78 Å². The van der Waals surface area contributed by atoms with Crippen molar-refractivity contribution in [2.45, 2.75) is 25.8 Å². The average molecular weight is 166 g/mol. The van der Waals surface area contributed by atoms with Crippen LogP contribution >= 0.6 is 0 Å². The molecule has 0 atom stereocenters. The molecule has 11 heavy (non-hydrogen) atoms. The first-order valence-electron chi connectivity index (χ1n) is 3.29. The smallest absolute Gasteiger partial charge is 0.336 e. The quantitative estimate of drug-likeness (QED) is 0.625. The molecule has 1 amide bonds. The van der Waals surface area contributed by atoms with Gasteiger partial charge in [-0.05, 0) is 13.8 Å². The molecule has 0 aromatic rings. The van der Waals surface area contributed by atoms with E-state index in [0.29, 0.717) is 0 Å². The van der Waals surface area contributed by atoms with Crippen LogP contribution in [0.25, 0.3) is 0 Å². The van der Waals surface area contributed by atoms with Gasteiger partial charge in [0.05, 0.1) is 6.54 Å². The SMILES string of the molecule is CC(C)NC(=O)C(F)(F)CN. The minimum atomic E-state index is -3.44. The van der Waals surface area contributed by atoms with E-state index in [2.05, 4.69) is 11.1 Å². The van der Waals surface area contributed by atoms with Gasteiger partial charge >= 0.3 is 5.92 Å². The molecule has 0 spiro atoms. The predicted molar refractivity (Wildman–Crippen MR) is 37.3 cm³/mol. The molecule has 0 bridgehead atoms. The minimum absolute atomic E-state index is 0.292. The highest BCUT2D eigenvalue weighted by Crippen LogP contribution is 2.10. The van der Waals surface area contributed by atoms with Gasteiger partial charge in [-0.1, -0.05) is 0 Å². The summed E-state index contributed by atoms with van der Waals surface area (Å²) in [6.45, 7) is 2.25. The van der Waals surface area contributed by atoms with E-state index in [1.165, 1.54) is 0 Å². The van der Waals surface area contributed by atoms with Gasteiger partial charge in [-0.25, -0.2) is 0 Å². The van der Waals surface area contributed by atoms with Gasteiger partial charge in [0, 0.05) is 6.04 Å². The van der Waals surface area contributed by atoms with E-state index in [9.17, 15) is 13.6 Å². The maximum Gasteiger partial charge on any atom is 0.336 e. The number of carbonyl (C=O) groups is 1. The van der Waals surface area contributed by atoms with Crippen molar-refractivity contribution >= 4 is 5.91 Å². The first-order valence-corrected chi connectivity index (χ1v) is 3.29. The molecule has 0 aromatic heterocycles. The van der Waals surface area contributed by atoms with Crippen LogP contribution in [0.5, 0.6) is 0 Å². The molecule has 0 saturated heterocycles. The maximum absolute atomic E-state index is 12.4. The first-order chi connectivity index (χ1) is 4.90. The summed E-state index contributed by atoms with van der Waals surface area (Å²) in [5.41, 5.74) is 4.67. The van der Waals surface area contributed by atoms with Gasteiger partial charge in [0.1, 0.15) is 0 Å². The Balaban J connectivity index is 4.02. The molecular formula is C6H12F2N2O. The van der Waals surface area contributed by atoms with Crippen molar-refractivity contribution in [1.29, 1.82) is 0 Å². The van der Waals surface area contributed by atoms with E-state index < -0.39 is 18.4 Å². The largest absolute Gasteiger partial charge is 0.349 e. The summed E-state index contributed by atoms with van der Waals surface area (Å²) in [4.78, 5) is 10.6. The predicted octanol–water partition coefficient (Wildman–Crippen LogP) is 0.105. The van der Waals surface area contributed by atoms with Gasteiger partial charge < -0.3 is 11.1 Å². The minimum Gasteiger partial charge on any atom is -0.349 e. The Hall–Kier alpha value is -0.710. The van der Waals surface area contributed by atoms with Crippen LogP contribution in [0.3, 0.4) is 0 Å². The van der Waals surface area contributed by atoms with Crippen molar-refractivity contribution in [3.63, 3.8) is 0 Å². The lowest BCUT2D eigenvalue weighted by Crippen LogP contribution is -2.47. The molecule has 3 nitrogen and oxygen atoms in total. The summed E-state index contributed by atoms with van der Waals surface area (Å²) >= 11 is 0. The molecule has 3 N–H and O–H groups in total. The molecule has 0 heterocycles. The summed E-state index contributed by atoms with van der Waals surface area (Å²) in [7, 11) is 0. The van der Waals surface area contributed by atoms with Gasteiger partial charge in [0.2, 0.25) is 0 Å². The number of amides is 1. The Morgan fingerprint density at radius 1 is 1.64 bits per heavy atom. The Kier molecular flexibility index (Phi) is 3.38. The normalized spacial score (nSPS) is 11.8. The lowest BCUT2D eigenvalue weighted by Gasteiger charge is -2.15. The summed E-state index contributed by atoms with van der Waals surface area (Å²) in [5, 5.41) is 2.06. The standard InChI is InChI=1S/C6H12F2N2O/c1-4(2)10-5(11)6(7,8)3-9/h4H,3,9H2,1-2H3,(H,10,11). The molecular weight excluding hydrogens is 154 g/mol. The van der Waals surface area contributed by atoms with E-state index >= 15 is 0 Å². The third kappa shape index (κ3) is 3.27. The van der Waals surface area contributed by atoms with Gasteiger partial charge in [-0.3, -0.25) is 4.79 Å². The van der Waals surface area contributed by atoms with E-state index in [-0.39, 0.29) is 6.04 Å². The topological polar surface area (TPSA) is 55.1 Å². The fraction of sp³-hybridized carbons (Fsp3) is 0.833. The number of rotatable bonds is 3. The molecule has 0 fully saturated rings. The first kappa shape index (κ1) is 10.3. The molecule has 0 saturated carbocycles. The molecule has 0 aromatic carbocycles. The van der Waals surface area contributed by atoms with Crippen molar-refractivity contribution in [2.75, 3.05) is 6.54 Å². The fourth-order valence-electron chi connectivity index (χ4n) is 0.460. The molecule has 0 aliphatic heterocycles. The molecule has 0 aliphatic rings. The van der Waals surface area contributed by atoms with Crippen molar-refractivity contribution in [1.82, 2.24) is 5.32 Å². The average Bonchev–Trinajstić information content (AvgIpc) is 1.86. The Bertz CT molecular complexity index is 148. The maximum atomic E-state index is 12.4. The lowest BCUT2D eigenvalue weighted by molar-refractivity contribution is -0.144. The number of alkyl halides is 2. The van der Waals surface area contributed by atoms with Crippen LogP contribution in [-0.2, 0) is 4.79 Å². The highest BCUT2D eigenvalue weighted by molar-refractivity contribution is 5.83. The van der Waals surface area contributed by atoms with E-state index in [4.69, 9.17) is 0 Å². The third-order valence-corrected chi connectivity index (χ3v) is 1.01. The van der Waals surface area contributed by atoms with Crippen LogP contribution in [0.2, 0.25) is 0 Å². The fourth-order valence-corrected chi connectivity index (χ4v) is 0.460. The van der Waals surface area contributed by atoms with Gasteiger partial charge in [-0.2, -0.15) is 8.78 Å². The van der Waals surface area contributed by atoms with Crippen molar-refractivity contribution < 1.29 is 13.6 Å². The zero-order valence-electron chi connectivity index (χ0n) is 6.53. The van der Waals surface area contributed by atoms with Crippen molar-refractivity contribution in [3.05, 3.63) is 0 Å². The Morgan fingerprint density at radius 3 is 2.36 bits per heavy atom. The highest BCUT2D eigenvalue weighted by atomic mass is 19.3. The van der Waals surface area contributed by atoms with Crippen LogP contribution in [-0.4, -0.2) is 24.4 Å². The number of carbonyl (C=O) groups excluding carboxylic acids is 1. The van der Waals surface area contributed by atoms with Gasteiger partial charge in [0.25, 0.3) is 5.91 Å². The summed E-state index contributed by atoms with van der Waals surface area (Å²) in [6.07, 6.45) is 0. The number of hydrogen-bond donors (Lipinski definition) is 2. The van der Waals surface area contributed by atoms with E-state index in [0.717, 1.165) is 0 Å². The van der Waals surface area contributed by atoms with Gasteiger partial charge in [0.15, 0.2) is 0 Å². The number of nitrogens with two attached hydrogens (primary N) is 1. The van der Waals surface area contributed by atoms with E-state index in [1.807, 2.05) is 0 Å². The molecule has 0 unspecified atom stereocenters. The monoisotopic (exact) mass is 166 g/mol. The summed E-state index contributed by atoms with van der Waals surface area (Å²) < 4.78 is 24.7. The second kappa shape index (κ2) is 3.61. The number of nitrogens with one attached hydrogen (secondary N) is 1. The van der Waals surface area contributed by atoms with Crippen LogP contribution in [0, 0.1) is 0 Å². The van der Waals surface area contributed by atoms with Crippen LogP contribution in [0.1, 0.15) is 13.8 Å². The zero-order valence-corrected chi connectivity index (χ0v) is 6.53. The van der Waals surface area contributed by atoms with Crippen LogP contribution in [0.15, 0.2) is 0 Å². The third-order valence-electron chi connectivity index (χ3n) is 1.01. The van der Waals surface area contributed by atoms with Gasteiger partial charge in [-0.15, -0.1) is 0 Å². The molecule has 66 valence electrons. The Morgan fingerprint density at radius 2 is 2.09 bits per heavy atom. The highest BCUT2D eigenvalue weighted by Gasteiger charge is 2.36. The van der Waals surface area contributed by atoms with Crippen molar-refractivity contribution in [3.8, 4) is 0 Å². The molecule has 5 heteroatoms.